The number of nitrogens with two attached hydrogens (primary N) is 1. The summed E-state index contributed by atoms with van der Waals surface area (Å²) in [6.45, 7) is 0.524. The van der Waals surface area contributed by atoms with Gasteiger partial charge in [-0.15, -0.1) is 0 Å². The number of halogens is 2. The molecule has 0 radical (unpaired) electrons. The second-order valence-electron chi connectivity index (χ2n) is 8.21. The molecule has 3 heterocycles. The van der Waals surface area contributed by atoms with Crippen molar-refractivity contribution in [2.75, 3.05) is 17.0 Å². The quantitative estimate of drug-likeness (QED) is 0.378. The van der Waals surface area contributed by atoms with Crippen molar-refractivity contribution >= 4 is 27.6 Å². The Morgan fingerprint density at radius 3 is 2.69 bits per heavy atom. The van der Waals surface area contributed by atoms with Gasteiger partial charge in [-0.25, -0.2) is 27.2 Å². The average Bonchev–Trinajstić information content (AvgIpc) is 3.18. The van der Waals surface area contributed by atoms with Crippen LogP contribution in [0, 0.1) is 11.6 Å². The first-order chi connectivity index (χ1) is 17.1. The molecule has 0 aliphatic carbocycles. The number of rotatable bonds is 5. The van der Waals surface area contributed by atoms with E-state index in [4.69, 9.17) is 5.73 Å². The number of amides is 1. The highest BCUT2D eigenvalue weighted by molar-refractivity contribution is 7.92. The number of nitrogens with one attached hydrogen (secondary N) is 2. The summed E-state index contributed by atoms with van der Waals surface area (Å²) in [5.74, 6) is -2.11. The molecule has 184 valence electrons. The highest BCUT2D eigenvalue weighted by Gasteiger charge is 2.25. The second kappa shape index (κ2) is 8.72. The molecule has 2 aromatic heterocycles. The molecule has 5 rings (SSSR count). The van der Waals surface area contributed by atoms with Gasteiger partial charge in [0.25, 0.3) is 15.9 Å². The third-order valence-electron chi connectivity index (χ3n) is 5.91. The van der Waals surface area contributed by atoms with Crippen LogP contribution in [0.4, 0.5) is 20.4 Å². The maximum Gasteiger partial charge on any atom is 0.264 e. The molecule has 4 N–H and O–H groups in total. The van der Waals surface area contributed by atoms with E-state index < -0.39 is 26.6 Å². The van der Waals surface area contributed by atoms with Gasteiger partial charge >= 0.3 is 0 Å². The molecular formula is C24H20F2N6O3S. The van der Waals surface area contributed by atoms with Crippen molar-refractivity contribution in [2.24, 2.45) is 7.05 Å². The monoisotopic (exact) mass is 510 g/mol. The van der Waals surface area contributed by atoms with Gasteiger partial charge in [0.05, 0.1) is 11.3 Å². The van der Waals surface area contributed by atoms with Crippen molar-refractivity contribution in [3.8, 4) is 22.5 Å². The number of aromatic nitrogens is 3. The van der Waals surface area contributed by atoms with Crippen molar-refractivity contribution in [1.82, 2.24) is 19.9 Å². The summed E-state index contributed by atoms with van der Waals surface area (Å²) in [5, 5.41) is 2.81. The average molecular weight is 511 g/mol. The highest BCUT2D eigenvalue weighted by atomic mass is 32.2. The Morgan fingerprint density at radius 2 is 1.92 bits per heavy atom. The van der Waals surface area contributed by atoms with Crippen LogP contribution in [0.2, 0.25) is 0 Å². The van der Waals surface area contributed by atoms with Gasteiger partial charge in [-0.05, 0) is 42.0 Å². The van der Waals surface area contributed by atoms with Gasteiger partial charge in [0.1, 0.15) is 22.2 Å². The molecule has 4 aromatic rings. The van der Waals surface area contributed by atoms with Gasteiger partial charge < -0.3 is 15.6 Å². The predicted octanol–water partition coefficient (Wildman–Crippen LogP) is 3.10. The zero-order valence-electron chi connectivity index (χ0n) is 18.9. The molecule has 12 heteroatoms. The van der Waals surface area contributed by atoms with E-state index in [9.17, 15) is 22.0 Å². The SMILES string of the molecule is Cn1c(-c2nc(N)ncc2-c2cccc(NS(=O)(=O)c3cc(F)ccc3F)c2)cc2c1CCNC2=O. The van der Waals surface area contributed by atoms with Gasteiger partial charge in [0.2, 0.25) is 5.95 Å². The van der Waals surface area contributed by atoms with Crippen LogP contribution in [0.3, 0.4) is 0 Å². The third-order valence-corrected chi connectivity index (χ3v) is 7.31. The van der Waals surface area contributed by atoms with Crippen LogP contribution in [0.5, 0.6) is 0 Å². The smallest absolute Gasteiger partial charge is 0.264 e. The topological polar surface area (TPSA) is 132 Å². The molecule has 1 aliphatic rings. The van der Waals surface area contributed by atoms with E-state index in [1.54, 1.807) is 18.2 Å². The van der Waals surface area contributed by atoms with Crippen LogP contribution in [0.25, 0.3) is 22.5 Å². The van der Waals surface area contributed by atoms with Crippen molar-refractivity contribution in [3.63, 3.8) is 0 Å². The zero-order valence-corrected chi connectivity index (χ0v) is 19.7. The fraction of sp³-hybridized carbons (Fsp3) is 0.125. The Morgan fingerprint density at radius 1 is 1.11 bits per heavy atom. The van der Waals surface area contributed by atoms with E-state index >= 15 is 0 Å². The molecule has 0 atom stereocenters. The van der Waals surface area contributed by atoms with Crippen molar-refractivity contribution in [1.29, 1.82) is 0 Å². The molecule has 0 saturated carbocycles. The number of nitrogen functional groups attached to an aromatic ring is 1. The summed E-state index contributed by atoms with van der Waals surface area (Å²) in [5.41, 5.74) is 9.54. The Labute approximate surface area is 205 Å². The number of hydrogen-bond donors (Lipinski definition) is 3. The minimum absolute atomic E-state index is 0.0239. The summed E-state index contributed by atoms with van der Waals surface area (Å²) in [6.07, 6.45) is 2.16. The number of fused-ring (bicyclic) bond motifs is 1. The van der Waals surface area contributed by atoms with E-state index in [0.717, 1.165) is 17.8 Å². The summed E-state index contributed by atoms with van der Waals surface area (Å²) < 4.78 is 57.3. The summed E-state index contributed by atoms with van der Waals surface area (Å²) in [6, 6.07) is 10.2. The molecule has 1 aliphatic heterocycles. The van der Waals surface area contributed by atoms with Gasteiger partial charge in [-0.3, -0.25) is 9.52 Å². The van der Waals surface area contributed by atoms with E-state index in [0.29, 0.717) is 47.1 Å². The highest BCUT2D eigenvalue weighted by Crippen LogP contribution is 2.35. The summed E-state index contributed by atoms with van der Waals surface area (Å²) in [7, 11) is -2.59. The summed E-state index contributed by atoms with van der Waals surface area (Å²) in [4.78, 5) is 20.0. The molecule has 0 unspecified atom stereocenters. The van der Waals surface area contributed by atoms with Crippen molar-refractivity contribution in [3.05, 3.63) is 77.6 Å². The number of sulfonamides is 1. The molecule has 0 spiro atoms. The van der Waals surface area contributed by atoms with Gasteiger partial charge in [-0.1, -0.05) is 12.1 Å². The minimum Gasteiger partial charge on any atom is -0.368 e. The van der Waals surface area contributed by atoms with Crippen LogP contribution in [-0.4, -0.2) is 35.4 Å². The number of benzene rings is 2. The fourth-order valence-electron chi connectivity index (χ4n) is 4.20. The number of anilines is 2. The summed E-state index contributed by atoms with van der Waals surface area (Å²) >= 11 is 0. The first-order valence-corrected chi connectivity index (χ1v) is 12.3. The molecular weight excluding hydrogens is 490 g/mol. The number of carbonyl (C=O) groups excluding carboxylic acids is 1. The second-order valence-corrected chi connectivity index (χ2v) is 9.86. The maximum atomic E-state index is 14.1. The van der Waals surface area contributed by atoms with Crippen LogP contribution in [0.1, 0.15) is 16.1 Å². The Hall–Kier alpha value is -4.32. The van der Waals surface area contributed by atoms with Gasteiger partial charge in [0.15, 0.2) is 0 Å². The lowest BCUT2D eigenvalue weighted by Gasteiger charge is -2.15. The fourth-order valence-corrected chi connectivity index (χ4v) is 5.34. The Bertz CT molecular complexity index is 1640. The lowest BCUT2D eigenvalue weighted by Crippen LogP contribution is -2.31. The molecule has 0 fully saturated rings. The first kappa shape index (κ1) is 23.4. The van der Waals surface area contributed by atoms with Gasteiger partial charge in [0, 0.05) is 43.2 Å². The van der Waals surface area contributed by atoms with E-state index in [2.05, 4.69) is 20.0 Å². The first-order valence-electron chi connectivity index (χ1n) is 10.8. The van der Waals surface area contributed by atoms with Crippen LogP contribution < -0.4 is 15.8 Å². The normalized spacial score (nSPS) is 13.2. The standard InChI is InChI=1S/C24H20F2N6O3S/c1-32-19-7-8-28-23(33)16(19)11-20(32)22-17(12-29-24(27)30-22)13-3-2-4-15(9-13)31-36(34,35)21-10-14(25)5-6-18(21)26/h2-6,9-12,31H,7-8H2,1H3,(H,28,33)(H2,27,29,30). The third kappa shape index (κ3) is 4.15. The minimum atomic E-state index is -4.41. The molecule has 1 amide bonds. The molecule has 36 heavy (non-hydrogen) atoms. The van der Waals surface area contributed by atoms with Crippen molar-refractivity contribution < 1.29 is 22.0 Å². The van der Waals surface area contributed by atoms with Crippen molar-refractivity contribution in [2.45, 2.75) is 11.3 Å². The van der Waals surface area contributed by atoms with Crippen LogP contribution in [-0.2, 0) is 23.5 Å². The Kier molecular flexibility index (Phi) is 5.67. The predicted molar refractivity (Wildman–Crippen MR) is 129 cm³/mol. The maximum absolute atomic E-state index is 14.1. The van der Waals surface area contributed by atoms with E-state index in [1.165, 1.54) is 18.3 Å². The number of hydrogen-bond acceptors (Lipinski definition) is 6. The number of nitrogens with zero attached hydrogens (tertiary/aromatic N) is 3. The molecule has 9 nitrogen and oxygen atoms in total. The van der Waals surface area contributed by atoms with Crippen LogP contribution >= 0.6 is 0 Å². The molecule has 2 aromatic carbocycles. The zero-order chi connectivity index (χ0) is 25.6. The van der Waals surface area contributed by atoms with Crippen LogP contribution in [0.15, 0.2) is 59.6 Å². The lowest BCUT2D eigenvalue weighted by atomic mass is 10.0. The Balaban J connectivity index is 1.57. The lowest BCUT2D eigenvalue weighted by molar-refractivity contribution is 0.0945. The van der Waals surface area contributed by atoms with E-state index in [-0.39, 0.29) is 17.5 Å². The number of carbonyl (C=O) groups is 1. The van der Waals surface area contributed by atoms with E-state index in [1.807, 2.05) is 11.6 Å². The molecule has 0 saturated heterocycles. The molecule has 0 bridgehead atoms. The largest absolute Gasteiger partial charge is 0.368 e. The van der Waals surface area contributed by atoms with Gasteiger partial charge in [-0.2, -0.15) is 0 Å².